The van der Waals surface area contributed by atoms with E-state index in [2.05, 4.69) is 23.8 Å². The maximum atomic E-state index is 12.6. The lowest BCUT2D eigenvalue weighted by Crippen LogP contribution is -2.29. The Balaban J connectivity index is 1.93. The average molecular weight is 407 g/mol. The number of esters is 1. The van der Waals surface area contributed by atoms with Gasteiger partial charge in [-0.15, -0.1) is 0 Å². The number of cyclic esters (lactones) is 1. The van der Waals surface area contributed by atoms with Crippen molar-refractivity contribution in [2.75, 3.05) is 26.2 Å². The van der Waals surface area contributed by atoms with Crippen LogP contribution in [0.3, 0.4) is 0 Å². The number of rotatable bonds is 6. The third-order valence-electron chi connectivity index (χ3n) is 5.78. The molecule has 0 bridgehead atoms. The first-order chi connectivity index (χ1) is 14.5. The van der Waals surface area contributed by atoms with Crippen molar-refractivity contribution in [3.05, 3.63) is 41.7 Å². The molecule has 0 radical (unpaired) electrons. The molecule has 0 N–H and O–H groups in total. The highest BCUT2D eigenvalue weighted by Gasteiger charge is 2.28. The smallest absolute Gasteiger partial charge is 0.339 e. The van der Waals surface area contributed by atoms with E-state index < -0.39 is 0 Å². The molecule has 1 aliphatic heterocycles. The van der Waals surface area contributed by atoms with Crippen molar-refractivity contribution in [1.82, 2.24) is 9.97 Å². The van der Waals surface area contributed by atoms with Gasteiger partial charge in [-0.2, -0.15) is 0 Å². The molecule has 1 atom stereocenters. The summed E-state index contributed by atoms with van der Waals surface area (Å²) in [6.45, 7) is 4.51. The molecule has 0 aliphatic carbocycles. The van der Waals surface area contributed by atoms with Crippen LogP contribution in [0.2, 0.25) is 0 Å². The van der Waals surface area contributed by atoms with Crippen LogP contribution in [0.15, 0.2) is 30.6 Å². The number of fused-ring (bicyclic) bond motifs is 2. The number of carbonyl (C=O) groups is 1. The maximum absolute atomic E-state index is 12.6. The van der Waals surface area contributed by atoms with Crippen LogP contribution in [0.5, 0.6) is 11.5 Å². The Kier molecular flexibility index (Phi) is 5.20. The molecule has 0 saturated heterocycles. The predicted octanol–water partition coefficient (Wildman–Crippen LogP) is 4.22. The van der Waals surface area contributed by atoms with E-state index in [0.29, 0.717) is 29.1 Å². The van der Waals surface area contributed by atoms with E-state index >= 15 is 0 Å². The first-order valence-corrected chi connectivity index (χ1v) is 9.92. The second kappa shape index (κ2) is 7.82. The third-order valence-corrected chi connectivity index (χ3v) is 5.78. The monoisotopic (exact) mass is 407 g/mol. The lowest BCUT2D eigenvalue weighted by Gasteiger charge is -2.23. The summed E-state index contributed by atoms with van der Waals surface area (Å²) in [6, 6.07) is 6.08. The van der Waals surface area contributed by atoms with Crippen LogP contribution in [0.25, 0.3) is 21.9 Å². The van der Waals surface area contributed by atoms with Gasteiger partial charge in [0.25, 0.3) is 0 Å². The van der Waals surface area contributed by atoms with Gasteiger partial charge in [0, 0.05) is 42.2 Å². The van der Waals surface area contributed by atoms with Crippen LogP contribution in [-0.4, -0.2) is 43.2 Å². The third kappa shape index (κ3) is 3.20. The van der Waals surface area contributed by atoms with Gasteiger partial charge in [-0.3, -0.25) is 0 Å². The molecule has 0 saturated carbocycles. The fraction of sp³-hybridized carbons (Fsp3) is 0.348. The van der Waals surface area contributed by atoms with Crippen molar-refractivity contribution in [3.63, 3.8) is 0 Å². The minimum absolute atomic E-state index is 0.251. The van der Waals surface area contributed by atoms with Gasteiger partial charge in [-0.1, -0.05) is 6.92 Å². The molecule has 2 heterocycles. The summed E-state index contributed by atoms with van der Waals surface area (Å²) >= 11 is 0. The molecule has 0 fully saturated rings. The molecule has 1 aliphatic rings. The van der Waals surface area contributed by atoms with E-state index in [9.17, 15) is 4.79 Å². The molecule has 0 amide bonds. The van der Waals surface area contributed by atoms with Crippen LogP contribution in [0, 0.1) is 0 Å². The zero-order chi connectivity index (χ0) is 21.4. The molecule has 156 valence electrons. The van der Waals surface area contributed by atoms with E-state index in [1.165, 1.54) is 0 Å². The summed E-state index contributed by atoms with van der Waals surface area (Å²) in [5, 5.41) is 1.79. The SMILES string of the molecule is CCC(C)N(C)c1ncc(-c2c3c(cc4cc(OC)c(OC)cc24)COC3=O)cn1. The number of anilines is 1. The Morgan fingerprint density at radius 3 is 2.40 bits per heavy atom. The number of ether oxygens (including phenoxy) is 3. The van der Waals surface area contributed by atoms with E-state index in [-0.39, 0.29) is 12.6 Å². The second-order valence-electron chi connectivity index (χ2n) is 7.43. The van der Waals surface area contributed by atoms with Crippen LogP contribution >= 0.6 is 0 Å². The molecule has 4 rings (SSSR count). The number of methoxy groups -OCH3 is 2. The van der Waals surface area contributed by atoms with Crippen molar-refractivity contribution < 1.29 is 19.0 Å². The topological polar surface area (TPSA) is 73.8 Å². The lowest BCUT2D eigenvalue weighted by atomic mass is 9.91. The fourth-order valence-corrected chi connectivity index (χ4v) is 3.75. The molecule has 1 aromatic heterocycles. The zero-order valence-electron chi connectivity index (χ0n) is 17.9. The Bertz CT molecular complexity index is 1110. The molecule has 7 nitrogen and oxygen atoms in total. The molecular formula is C23H25N3O4. The minimum atomic E-state index is -0.336. The van der Waals surface area contributed by atoms with Gasteiger partial charge in [-0.05, 0) is 42.3 Å². The molecule has 7 heteroatoms. The molecular weight excluding hydrogens is 382 g/mol. The number of benzene rings is 2. The van der Waals surface area contributed by atoms with Crippen LogP contribution in [0.4, 0.5) is 5.95 Å². The maximum Gasteiger partial charge on any atom is 0.339 e. The Morgan fingerprint density at radius 1 is 1.10 bits per heavy atom. The van der Waals surface area contributed by atoms with E-state index in [1.54, 1.807) is 26.6 Å². The highest BCUT2D eigenvalue weighted by atomic mass is 16.5. The first kappa shape index (κ1) is 19.9. The molecule has 3 aromatic rings. The minimum Gasteiger partial charge on any atom is -0.493 e. The summed E-state index contributed by atoms with van der Waals surface area (Å²) in [4.78, 5) is 23.7. The van der Waals surface area contributed by atoms with Gasteiger partial charge >= 0.3 is 5.97 Å². The van der Waals surface area contributed by atoms with Gasteiger partial charge in [0.2, 0.25) is 5.95 Å². The quantitative estimate of drug-likeness (QED) is 0.567. The normalized spacial score (nSPS) is 13.7. The van der Waals surface area contributed by atoms with Crippen LogP contribution in [-0.2, 0) is 11.3 Å². The standard InChI is InChI=1S/C23H25N3O4/c1-6-13(2)26(3)23-24-10-16(11-25-23)20-17-9-19(29-5)18(28-4)8-14(17)7-15-12-30-22(27)21(15)20/h7-11,13H,6,12H2,1-5H3. The molecule has 0 spiro atoms. The van der Waals surface area contributed by atoms with Gasteiger partial charge in [0.15, 0.2) is 11.5 Å². The van der Waals surface area contributed by atoms with Crippen molar-refractivity contribution >= 4 is 22.7 Å². The van der Waals surface area contributed by atoms with Gasteiger partial charge in [-0.25, -0.2) is 14.8 Å². The highest BCUT2D eigenvalue weighted by Crippen LogP contribution is 2.42. The lowest BCUT2D eigenvalue weighted by molar-refractivity contribution is 0.0535. The number of hydrogen-bond acceptors (Lipinski definition) is 7. The zero-order valence-corrected chi connectivity index (χ0v) is 17.9. The molecule has 1 unspecified atom stereocenters. The summed E-state index contributed by atoms with van der Waals surface area (Å²) in [6.07, 6.45) is 4.52. The van der Waals surface area contributed by atoms with Gasteiger partial charge in [0.05, 0.1) is 19.8 Å². The first-order valence-electron chi connectivity index (χ1n) is 9.92. The molecule has 2 aromatic carbocycles. The second-order valence-corrected chi connectivity index (χ2v) is 7.43. The van der Waals surface area contributed by atoms with Crippen molar-refractivity contribution in [2.45, 2.75) is 32.9 Å². The van der Waals surface area contributed by atoms with E-state index in [4.69, 9.17) is 14.2 Å². The van der Waals surface area contributed by atoms with Crippen molar-refractivity contribution in [2.24, 2.45) is 0 Å². The van der Waals surface area contributed by atoms with Crippen LogP contribution < -0.4 is 14.4 Å². The highest BCUT2D eigenvalue weighted by molar-refractivity contribution is 6.11. The largest absolute Gasteiger partial charge is 0.493 e. The molecule has 30 heavy (non-hydrogen) atoms. The van der Waals surface area contributed by atoms with Gasteiger partial charge in [0.1, 0.15) is 6.61 Å². The van der Waals surface area contributed by atoms with Crippen molar-refractivity contribution in [3.8, 4) is 22.6 Å². The fourth-order valence-electron chi connectivity index (χ4n) is 3.75. The summed E-state index contributed by atoms with van der Waals surface area (Å²) in [5.41, 5.74) is 2.91. The Morgan fingerprint density at radius 2 is 1.77 bits per heavy atom. The average Bonchev–Trinajstić information content (AvgIpc) is 3.15. The Labute approximate surface area is 175 Å². The van der Waals surface area contributed by atoms with Crippen molar-refractivity contribution in [1.29, 1.82) is 0 Å². The summed E-state index contributed by atoms with van der Waals surface area (Å²) in [5.74, 6) is 1.53. The number of nitrogens with zero attached hydrogens (tertiary/aromatic N) is 3. The number of carbonyl (C=O) groups excluding carboxylic acids is 1. The summed E-state index contributed by atoms with van der Waals surface area (Å²) < 4.78 is 16.3. The van der Waals surface area contributed by atoms with Crippen LogP contribution in [0.1, 0.15) is 36.2 Å². The predicted molar refractivity (Wildman–Crippen MR) is 115 cm³/mol. The van der Waals surface area contributed by atoms with E-state index in [0.717, 1.165) is 33.9 Å². The van der Waals surface area contributed by atoms with E-state index in [1.807, 2.05) is 30.1 Å². The number of hydrogen-bond donors (Lipinski definition) is 0. The Hall–Kier alpha value is -3.35. The summed E-state index contributed by atoms with van der Waals surface area (Å²) in [7, 11) is 5.17. The number of aromatic nitrogens is 2. The van der Waals surface area contributed by atoms with Gasteiger partial charge < -0.3 is 19.1 Å².